The molecule has 3 heterocycles. The molecule has 1 saturated heterocycles. The molecule has 146 valence electrons. The summed E-state index contributed by atoms with van der Waals surface area (Å²) in [6, 6.07) is -0.953. The van der Waals surface area contributed by atoms with Crippen molar-refractivity contribution in [3.8, 4) is 12.3 Å². The standard InChI is InChI=1S/C15H12ClN5O5S2/c1-2-3-26-20-8(7-5-28-15(17)18-7)11(22)19-9-12(23)21-10(14(24)25)6(16)4-27-13(9)21/h1,5,9,13H,3-4H2,(H2,17,18)(H,19,22)(H,24,25)/b20-8-/t9?,13-/m1/s1. The molecule has 2 atom stereocenters. The molecule has 0 saturated carbocycles. The van der Waals surface area contributed by atoms with E-state index in [-0.39, 0.29) is 39.6 Å². The molecule has 28 heavy (non-hydrogen) atoms. The molecule has 13 heteroatoms. The minimum atomic E-state index is -1.31. The zero-order valence-electron chi connectivity index (χ0n) is 13.9. The molecule has 0 bridgehead atoms. The number of thiazole rings is 1. The van der Waals surface area contributed by atoms with Crippen LogP contribution in [0.15, 0.2) is 21.3 Å². The number of carboxylic acids is 1. The second kappa shape index (κ2) is 8.09. The molecule has 0 aromatic carbocycles. The number of nitrogen functional groups attached to an aromatic ring is 1. The third-order valence-electron chi connectivity index (χ3n) is 3.69. The summed E-state index contributed by atoms with van der Waals surface area (Å²) in [5.41, 5.74) is 5.26. The Labute approximate surface area is 171 Å². The zero-order valence-corrected chi connectivity index (χ0v) is 16.3. The third-order valence-corrected chi connectivity index (χ3v) is 6.12. The maximum absolute atomic E-state index is 12.7. The van der Waals surface area contributed by atoms with Gasteiger partial charge < -0.3 is 21.0 Å². The Bertz CT molecular complexity index is 953. The van der Waals surface area contributed by atoms with Crippen LogP contribution in [-0.4, -0.2) is 62.3 Å². The van der Waals surface area contributed by atoms with Crippen molar-refractivity contribution in [2.45, 2.75) is 11.4 Å². The Morgan fingerprint density at radius 2 is 2.36 bits per heavy atom. The largest absolute Gasteiger partial charge is 0.477 e. The van der Waals surface area contributed by atoms with Crippen LogP contribution in [0.2, 0.25) is 0 Å². The fourth-order valence-electron chi connectivity index (χ4n) is 2.53. The van der Waals surface area contributed by atoms with Crippen LogP contribution in [0.3, 0.4) is 0 Å². The van der Waals surface area contributed by atoms with E-state index in [4.69, 9.17) is 28.6 Å². The molecule has 1 fully saturated rings. The summed E-state index contributed by atoms with van der Waals surface area (Å²) in [5, 5.41) is 16.7. The number of carbonyl (C=O) groups excluding carboxylic acids is 2. The molecule has 1 unspecified atom stereocenters. The molecule has 1 aromatic heterocycles. The Kier molecular flexibility index (Phi) is 5.78. The van der Waals surface area contributed by atoms with Crippen LogP contribution in [0.4, 0.5) is 5.13 Å². The molecular weight excluding hydrogens is 430 g/mol. The molecular formula is C15H12ClN5O5S2. The summed E-state index contributed by atoms with van der Waals surface area (Å²) < 4.78 is 0. The second-order valence-electron chi connectivity index (χ2n) is 5.41. The van der Waals surface area contributed by atoms with Gasteiger partial charge >= 0.3 is 5.97 Å². The van der Waals surface area contributed by atoms with E-state index in [1.807, 2.05) is 0 Å². The third kappa shape index (κ3) is 3.64. The number of aromatic nitrogens is 1. The number of hydrogen-bond acceptors (Lipinski definition) is 9. The van der Waals surface area contributed by atoms with Crippen LogP contribution < -0.4 is 11.1 Å². The van der Waals surface area contributed by atoms with Gasteiger partial charge in [-0.25, -0.2) is 9.78 Å². The number of β-lactam (4-membered cyclic amide) rings is 1. The van der Waals surface area contributed by atoms with E-state index >= 15 is 0 Å². The molecule has 0 aliphatic carbocycles. The SMILES string of the molecule is C#CCO/N=C(\C(=O)NC1C(=O)N2C(C(=O)O)=C(Cl)CS[C@H]12)c1csc(N)n1. The predicted molar refractivity (Wildman–Crippen MR) is 103 cm³/mol. The topological polar surface area (TPSA) is 147 Å². The smallest absolute Gasteiger partial charge is 0.353 e. The Hall–Kier alpha value is -2.75. The van der Waals surface area contributed by atoms with Crippen LogP contribution >= 0.6 is 34.7 Å². The highest BCUT2D eigenvalue weighted by atomic mass is 35.5. The van der Waals surface area contributed by atoms with Gasteiger partial charge in [0.05, 0.1) is 5.03 Å². The van der Waals surface area contributed by atoms with Crippen molar-refractivity contribution >= 4 is 63.3 Å². The number of thioether (sulfide) groups is 1. The lowest BCUT2D eigenvalue weighted by atomic mass is 10.0. The van der Waals surface area contributed by atoms with Crippen molar-refractivity contribution in [2.75, 3.05) is 18.1 Å². The first kappa shape index (κ1) is 20.0. The number of halogens is 1. The lowest BCUT2D eigenvalue weighted by molar-refractivity contribution is -0.150. The molecule has 2 amide bonds. The number of nitrogens with two attached hydrogens (primary N) is 1. The molecule has 2 aliphatic rings. The van der Waals surface area contributed by atoms with Crippen molar-refractivity contribution < 1.29 is 24.3 Å². The van der Waals surface area contributed by atoms with Crippen molar-refractivity contribution in [1.29, 1.82) is 0 Å². The van der Waals surface area contributed by atoms with E-state index in [1.165, 1.54) is 17.1 Å². The van der Waals surface area contributed by atoms with Gasteiger partial charge in [-0.05, 0) is 0 Å². The lowest BCUT2D eigenvalue weighted by Gasteiger charge is -2.48. The van der Waals surface area contributed by atoms with Gasteiger partial charge in [-0.2, -0.15) is 0 Å². The molecule has 4 N–H and O–H groups in total. The number of oxime groups is 1. The predicted octanol–water partition coefficient (Wildman–Crippen LogP) is 0.0141. The first-order valence-corrected chi connectivity index (χ1v) is 9.88. The van der Waals surface area contributed by atoms with Crippen molar-refractivity contribution in [3.63, 3.8) is 0 Å². The number of carbonyl (C=O) groups is 3. The number of fused-ring (bicyclic) bond motifs is 1. The fourth-order valence-corrected chi connectivity index (χ4v) is 4.62. The first-order valence-electron chi connectivity index (χ1n) is 7.57. The Balaban J connectivity index is 1.78. The second-order valence-corrected chi connectivity index (χ2v) is 7.86. The molecule has 1 aromatic rings. The molecule has 0 radical (unpaired) electrons. The van der Waals surface area contributed by atoms with Gasteiger partial charge in [0.15, 0.2) is 17.5 Å². The summed E-state index contributed by atoms with van der Waals surface area (Å²) in [7, 11) is 0. The average molecular weight is 442 g/mol. The number of anilines is 1. The number of terminal acetylenes is 1. The monoisotopic (exact) mass is 441 g/mol. The van der Waals surface area contributed by atoms with E-state index < -0.39 is 29.2 Å². The van der Waals surface area contributed by atoms with Crippen molar-refractivity contribution in [1.82, 2.24) is 15.2 Å². The van der Waals surface area contributed by atoms with Gasteiger partial charge in [0, 0.05) is 11.1 Å². The maximum Gasteiger partial charge on any atom is 0.353 e. The Morgan fingerprint density at radius 1 is 1.61 bits per heavy atom. The normalized spacial score (nSPS) is 21.5. The van der Waals surface area contributed by atoms with E-state index in [0.717, 1.165) is 16.2 Å². The number of aliphatic carboxylic acids is 1. The van der Waals surface area contributed by atoms with Gasteiger partial charge in [0.2, 0.25) is 0 Å². The number of carboxylic acid groups (broad SMARTS) is 1. The van der Waals surface area contributed by atoms with Crippen LogP contribution in [0, 0.1) is 12.3 Å². The van der Waals surface area contributed by atoms with E-state index in [9.17, 15) is 19.5 Å². The first-order chi connectivity index (χ1) is 13.3. The highest BCUT2D eigenvalue weighted by molar-refractivity contribution is 8.00. The molecule has 3 rings (SSSR count). The van der Waals surface area contributed by atoms with Gasteiger partial charge in [-0.1, -0.05) is 22.7 Å². The summed E-state index contributed by atoms with van der Waals surface area (Å²) in [6.45, 7) is -0.170. The average Bonchev–Trinajstić information content (AvgIpc) is 3.08. The highest BCUT2D eigenvalue weighted by Gasteiger charge is 2.54. The van der Waals surface area contributed by atoms with Crippen LogP contribution in [0.25, 0.3) is 0 Å². The summed E-state index contributed by atoms with van der Waals surface area (Å²) in [5.74, 6) is -0.229. The zero-order chi connectivity index (χ0) is 20.4. The summed E-state index contributed by atoms with van der Waals surface area (Å²) in [4.78, 5) is 46.4. The number of amides is 2. The number of nitrogens with zero attached hydrogens (tertiary/aromatic N) is 3. The highest BCUT2D eigenvalue weighted by Crippen LogP contribution is 2.41. The number of rotatable bonds is 6. The van der Waals surface area contributed by atoms with E-state index in [0.29, 0.717) is 0 Å². The lowest BCUT2D eigenvalue weighted by Crippen LogP contribution is -2.71. The van der Waals surface area contributed by atoms with Gasteiger partial charge in [0.25, 0.3) is 11.8 Å². The van der Waals surface area contributed by atoms with E-state index in [2.05, 4.69) is 21.4 Å². The van der Waals surface area contributed by atoms with Crippen LogP contribution in [0.1, 0.15) is 5.69 Å². The minimum absolute atomic E-state index is 0.0646. The van der Waals surface area contributed by atoms with Gasteiger partial charge in [-0.3, -0.25) is 14.5 Å². The summed E-state index contributed by atoms with van der Waals surface area (Å²) >= 11 is 8.25. The van der Waals surface area contributed by atoms with Crippen molar-refractivity contribution in [2.24, 2.45) is 5.16 Å². The fraction of sp³-hybridized carbons (Fsp3) is 0.267. The quantitative estimate of drug-likeness (QED) is 0.184. The van der Waals surface area contributed by atoms with Gasteiger partial charge in [0.1, 0.15) is 22.8 Å². The van der Waals surface area contributed by atoms with Crippen molar-refractivity contribution in [3.05, 3.63) is 21.8 Å². The molecule has 10 nitrogen and oxygen atoms in total. The summed E-state index contributed by atoms with van der Waals surface area (Å²) in [6.07, 6.45) is 5.09. The van der Waals surface area contributed by atoms with E-state index in [1.54, 1.807) is 0 Å². The molecule has 0 spiro atoms. The number of hydrogen-bond donors (Lipinski definition) is 3. The van der Waals surface area contributed by atoms with Crippen LogP contribution in [0.5, 0.6) is 0 Å². The maximum atomic E-state index is 12.7. The Morgan fingerprint density at radius 3 is 2.96 bits per heavy atom. The minimum Gasteiger partial charge on any atom is -0.477 e. The van der Waals surface area contributed by atoms with Crippen LogP contribution in [-0.2, 0) is 19.2 Å². The molecule has 2 aliphatic heterocycles. The van der Waals surface area contributed by atoms with Gasteiger partial charge in [-0.15, -0.1) is 29.5 Å². The number of nitrogens with one attached hydrogen (secondary N) is 1.